The van der Waals surface area contributed by atoms with Crippen LogP contribution >= 0.6 is 0 Å². The van der Waals surface area contributed by atoms with Gasteiger partial charge < -0.3 is 15.4 Å². The summed E-state index contributed by atoms with van der Waals surface area (Å²) in [5.74, 6) is -0.0423. The van der Waals surface area contributed by atoms with E-state index >= 15 is 0 Å². The fourth-order valence-electron chi connectivity index (χ4n) is 2.19. The molecule has 0 unspecified atom stereocenters. The van der Waals surface area contributed by atoms with E-state index < -0.39 is 0 Å². The van der Waals surface area contributed by atoms with Crippen LogP contribution in [0.1, 0.15) is 42.7 Å². The Hall–Kier alpha value is -1.46. The number of carbonyl (C=O) groups excluding carboxylic acids is 1. The van der Waals surface area contributed by atoms with Gasteiger partial charge >= 0.3 is 0 Å². The molecule has 2 N–H and O–H groups in total. The van der Waals surface area contributed by atoms with Gasteiger partial charge in [0.2, 0.25) is 0 Å². The largest absolute Gasteiger partial charge is 0.383 e. The van der Waals surface area contributed by atoms with Crippen molar-refractivity contribution in [2.75, 3.05) is 20.3 Å². The highest BCUT2D eigenvalue weighted by Crippen LogP contribution is 2.13. The molecule has 0 aliphatic rings. The fourth-order valence-corrected chi connectivity index (χ4v) is 2.19. The molecule has 0 atom stereocenters. The van der Waals surface area contributed by atoms with Crippen LogP contribution in [0.15, 0.2) is 18.3 Å². The van der Waals surface area contributed by atoms with Crippen LogP contribution in [0.25, 0.3) is 0 Å². The highest BCUT2D eigenvalue weighted by molar-refractivity contribution is 5.92. The molecule has 0 fully saturated rings. The van der Waals surface area contributed by atoms with Crippen LogP contribution < -0.4 is 5.73 Å². The van der Waals surface area contributed by atoms with Crippen molar-refractivity contribution < 1.29 is 9.53 Å². The van der Waals surface area contributed by atoms with Crippen LogP contribution in [-0.2, 0) is 11.3 Å². The van der Waals surface area contributed by atoms with Crippen LogP contribution in [0.4, 0.5) is 0 Å². The Kier molecular flexibility index (Phi) is 7.18. The van der Waals surface area contributed by atoms with Gasteiger partial charge in [0.25, 0.3) is 5.91 Å². The summed E-state index contributed by atoms with van der Waals surface area (Å²) < 4.78 is 5.10. The van der Waals surface area contributed by atoms with Gasteiger partial charge in [0.1, 0.15) is 5.69 Å². The number of carbonyl (C=O) groups is 1. The smallest absolute Gasteiger partial charge is 0.272 e. The summed E-state index contributed by atoms with van der Waals surface area (Å²) >= 11 is 0. The number of rotatable bonds is 8. The summed E-state index contributed by atoms with van der Waals surface area (Å²) in [6.07, 6.45) is 3.51. The van der Waals surface area contributed by atoms with E-state index in [1.165, 1.54) is 0 Å². The van der Waals surface area contributed by atoms with Gasteiger partial charge in [-0.2, -0.15) is 0 Å². The van der Waals surface area contributed by atoms with Gasteiger partial charge in [-0.25, -0.2) is 0 Å². The minimum absolute atomic E-state index is 0.0423. The van der Waals surface area contributed by atoms with Gasteiger partial charge in [-0.1, -0.05) is 19.9 Å². The lowest BCUT2D eigenvalue weighted by atomic mass is 10.1. The second-order valence-corrected chi connectivity index (χ2v) is 4.72. The SMILES string of the molecule is CCC(CC)N(CCOC)C(=O)c1ccc(CN)cn1. The molecule has 1 heterocycles. The summed E-state index contributed by atoms with van der Waals surface area (Å²) in [6, 6.07) is 3.81. The second kappa shape index (κ2) is 8.66. The monoisotopic (exact) mass is 279 g/mol. The van der Waals surface area contributed by atoms with E-state index in [0.29, 0.717) is 25.4 Å². The maximum atomic E-state index is 12.6. The van der Waals surface area contributed by atoms with Gasteiger partial charge in [-0.3, -0.25) is 9.78 Å². The number of nitrogens with two attached hydrogens (primary N) is 1. The quantitative estimate of drug-likeness (QED) is 0.788. The zero-order valence-electron chi connectivity index (χ0n) is 12.6. The van der Waals surface area contributed by atoms with E-state index in [1.807, 2.05) is 11.0 Å². The highest BCUT2D eigenvalue weighted by atomic mass is 16.5. The van der Waals surface area contributed by atoms with E-state index in [4.69, 9.17) is 10.5 Å². The normalized spacial score (nSPS) is 10.8. The molecule has 0 aromatic carbocycles. The lowest BCUT2D eigenvalue weighted by Gasteiger charge is -2.30. The molecular formula is C15H25N3O2. The van der Waals surface area contributed by atoms with Gasteiger partial charge in [-0.05, 0) is 24.5 Å². The van der Waals surface area contributed by atoms with Gasteiger partial charge in [0, 0.05) is 32.4 Å². The standard InChI is InChI=1S/C15H25N3O2/c1-4-13(5-2)18(8-9-20-3)15(19)14-7-6-12(10-16)11-17-14/h6-7,11,13H,4-5,8-10,16H2,1-3H3. The molecule has 1 aromatic rings. The minimum Gasteiger partial charge on any atom is -0.383 e. The summed E-state index contributed by atoms with van der Waals surface area (Å²) in [5.41, 5.74) is 6.93. The average Bonchev–Trinajstić information content (AvgIpc) is 2.51. The van der Waals surface area contributed by atoms with Crippen LogP contribution in [0, 0.1) is 0 Å². The first kappa shape index (κ1) is 16.6. The van der Waals surface area contributed by atoms with Crippen LogP contribution in [-0.4, -0.2) is 42.1 Å². The summed E-state index contributed by atoms with van der Waals surface area (Å²) in [7, 11) is 1.64. The molecule has 0 aliphatic heterocycles. The van der Waals surface area contributed by atoms with Crippen molar-refractivity contribution in [1.82, 2.24) is 9.88 Å². The molecule has 0 bridgehead atoms. The number of methoxy groups -OCH3 is 1. The number of nitrogens with zero attached hydrogens (tertiary/aromatic N) is 2. The molecule has 1 rings (SSSR count). The Morgan fingerprint density at radius 2 is 2.10 bits per heavy atom. The third-order valence-corrected chi connectivity index (χ3v) is 3.46. The lowest BCUT2D eigenvalue weighted by molar-refractivity contribution is 0.0583. The lowest BCUT2D eigenvalue weighted by Crippen LogP contribution is -2.42. The zero-order valence-corrected chi connectivity index (χ0v) is 12.6. The van der Waals surface area contributed by atoms with E-state index in [0.717, 1.165) is 18.4 Å². The molecule has 20 heavy (non-hydrogen) atoms. The van der Waals surface area contributed by atoms with Crippen LogP contribution in [0.2, 0.25) is 0 Å². The van der Waals surface area contributed by atoms with Crippen molar-refractivity contribution in [3.05, 3.63) is 29.6 Å². The summed E-state index contributed by atoms with van der Waals surface area (Å²) in [4.78, 5) is 18.7. The highest BCUT2D eigenvalue weighted by Gasteiger charge is 2.22. The number of aromatic nitrogens is 1. The van der Waals surface area contributed by atoms with Crippen molar-refractivity contribution in [3.8, 4) is 0 Å². The molecule has 0 spiro atoms. The van der Waals surface area contributed by atoms with Crippen molar-refractivity contribution in [2.24, 2.45) is 5.73 Å². The Balaban J connectivity index is 2.89. The van der Waals surface area contributed by atoms with Crippen molar-refractivity contribution in [2.45, 2.75) is 39.3 Å². The fraction of sp³-hybridized carbons (Fsp3) is 0.600. The molecule has 0 saturated carbocycles. The van der Waals surface area contributed by atoms with Crippen molar-refractivity contribution >= 4 is 5.91 Å². The molecule has 5 heteroatoms. The second-order valence-electron chi connectivity index (χ2n) is 4.72. The van der Waals surface area contributed by atoms with Gasteiger partial charge in [0.05, 0.1) is 6.61 Å². The topological polar surface area (TPSA) is 68.5 Å². The maximum Gasteiger partial charge on any atom is 0.272 e. The van der Waals surface area contributed by atoms with Gasteiger partial charge in [0.15, 0.2) is 0 Å². The molecule has 0 aliphatic carbocycles. The Labute approximate surface area is 121 Å². The molecule has 1 aromatic heterocycles. The third-order valence-electron chi connectivity index (χ3n) is 3.46. The summed E-state index contributed by atoms with van der Waals surface area (Å²) in [6.45, 7) is 5.73. The Bertz CT molecular complexity index is 402. The Morgan fingerprint density at radius 3 is 2.55 bits per heavy atom. The first-order valence-electron chi connectivity index (χ1n) is 7.12. The molecule has 5 nitrogen and oxygen atoms in total. The van der Waals surface area contributed by atoms with E-state index in [9.17, 15) is 4.79 Å². The first-order valence-corrected chi connectivity index (χ1v) is 7.12. The average molecular weight is 279 g/mol. The number of pyridine rings is 1. The maximum absolute atomic E-state index is 12.6. The summed E-state index contributed by atoms with van der Waals surface area (Å²) in [5, 5.41) is 0. The number of ether oxygens (including phenoxy) is 1. The molecule has 0 radical (unpaired) electrons. The first-order chi connectivity index (χ1) is 9.67. The Morgan fingerprint density at radius 1 is 1.40 bits per heavy atom. The van der Waals surface area contributed by atoms with Crippen LogP contribution in [0.5, 0.6) is 0 Å². The van der Waals surface area contributed by atoms with Crippen molar-refractivity contribution in [1.29, 1.82) is 0 Å². The van der Waals surface area contributed by atoms with E-state index in [-0.39, 0.29) is 11.9 Å². The number of amides is 1. The predicted octanol–water partition coefficient (Wildman–Crippen LogP) is 1.82. The number of hydrogen-bond acceptors (Lipinski definition) is 4. The molecule has 112 valence electrons. The van der Waals surface area contributed by atoms with E-state index in [2.05, 4.69) is 18.8 Å². The minimum atomic E-state index is -0.0423. The predicted molar refractivity (Wildman–Crippen MR) is 79.4 cm³/mol. The molecule has 1 amide bonds. The zero-order chi connectivity index (χ0) is 15.0. The van der Waals surface area contributed by atoms with Gasteiger partial charge in [-0.15, -0.1) is 0 Å². The third kappa shape index (κ3) is 4.28. The van der Waals surface area contributed by atoms with E-state index in [1.54, 1.807) is 19.4 Å². The van der Waals surface area contributed by atoms with Crippen molar-refractivity contribution in [3.63, 3.8) is 0 Å². The molecule has 0 saturated heterocycles. The number of hydrogen-bond donors (Lipinski definition) is 1. The molecular weight excluding hydrogens is 254 g/mol. The van der Waals surface area contributed by atoms with Crippen LogP contribution in [0.3, 0.4) is 0 Å².